The Hall–Kier alpha value is -2.09. The van der Waals surface area contributed by atoms with E-state index in [1.54, 1.807) is 0 Å². The normalized spacial score (nSPS) is 16.8. The molecule has 0 fully saturated rings. The molecular formula is C18H19NO. The van der Waals surface area contributed by atoms with E-state index in [0.717, 1.165) is 24.1 Å². The van der Waals surface area contributed by atoms with Crippen LogP contribution in [0.15, 0.2) is 48.5 Å². The van der Waals surface area contributed by atoms with Gasteiger partial charge in [-0.2, -0.15) is 0 Å². The van der Waals surface area contributed by atoms with Crippen molar-refractivity contribution in [1.82, 2.24) is 0 Å². The smallest absolute Gasteiger partial charge is 0.224 e. The summed E-state index contributed by atoms with van der Waals surface area (Å²) in [5, 5.41) is 3.00. The van der Waals surface area contributed by atoms with Crippen LogP contribution >= 0.6 is 0 Å². The summed E-state index contributed by atoms with van der Waals surface area (Å²) in [5.74, 6) is 0.480. The van der Waals surface area contributed by atoms with Gasteiger partial charge >= 0.3 is 0 Å². The standard InChI is InChI=1S/C18H19NO/c1-13-5-4-7-16(11-13)19-18(20)12-15-10-9-14-6-2-3-8-17(14)15/h2-8,11,15H,9-10,12H2,1H3,(H,19,20). The lowest BCUT2D eigenvalue weighted by Gasteiger charge is -2.12. The minimum atomic E-state index is 0.109. The number of carbonyl (C=O) groups is 1. The van der Waals surface area contributed by atoms with E-state index >= 15 is 0 Å². The lowest BCUT2D eigenvalue weighted by molar-refractivity contribution is -0.116. The number of nitrogens with one attached hydrogen (secondary N) is 1. The van der Waals surface area contributed by atoms with Crippen LogP contribution < -0.4 is 5.32 Å². The van der Waals surface area contributed by atoms with Crippen molar-refractivity contribution < 1.29 is 4.79 Å². The molecule has 0 saturated carbocycles. The van der Waals surface area contributed by atoms with Crippen molar-refractivity contribution in [2.45, 2.75) is 32.1 Å². The van der Waals surface area contributed by atoms with Gasteiger partial charge in [0.15, 0.2) is 0 Å². The van der Waals surface area contributed by atoms with Crippen LogP contribution in [-0.4, -0.2) is 5.91 Å². The highest BCUT2D eigenvalue weighted by atomic mass is 16.1. The van der Waals surface area contributed by atoms with Gasteiger partial charge in [0, 0.05) is 12.1 Å². The number of hydrogen-bond donors (Lipinski definition) is 1. The number of fused-ring (bicyclic) bond motifs is 1. The molecule has 20 heavy (non-hydrogen) atoms. The Bertz CT molecular complexity index is 633. The summed E-state index contributed by atoms with van der Waals surface area (Å²) in [6, 6.07) is 16.4. The summed E-state index contributed by atoms with van der Waals surface area (Å²) in [4.78, 5) is 12.2. The number of rotatable bonds is 3. The number of amides is 1. The molecule has 102 valence electrons. The highest BCUT2D eigenvalue weighted by Crippen LogP contribution is 2.35. The maximum absolute atomic E-state index is 12.2. The average molecular weight is 265 g/mol. The van der Waals surface area contributed by atoms with Crippen LogP contribution in [0.25, 0.3) is 0 Å². The molecule has 1 aliphatic rings. The molecule has 1 N–H and O–H groups in total. The van der Waals surface area contributed by atoms with Gasteiger partial charge in [-0.05, 0) is 54.5 Å². The highest BCUT2D eigenvalue weighted by Gasteiger charge is 2.24. The molecular weight excluding hydrogens is 246 g/mol. The highest BCUT2D eigenvalue weighted by molar-refractivity contribution is 5.91. The third-order valence-corrected chi connectivity index (χ3v) is 3.99. The lowest BCUT2D eigenvalue weighted by atomic mass is 9.97. The van der Waals surface area contributed by atoms with E-state index in [2.05, 4.69) is 29.6 Å². The van der Waals surface area contributed by atoms with E-state index in [-0.39, 0.29) is 5.91 Å². The number of carbonyl (C=O) groups excluding carboxylic acids is 1. The SMILES string of the molecule is Cc1cccc(NC(=O)CC2CCc3ccccc32)c1. The van der Waals surface area contributed by atoms with E-state index in [4.69, 9.17) is 0 Å². The van der Waals surface area contributed by atoms with Crippen molar-refractivity contribution in [3.8, 4) is 0 Å². The first-order chi connectivity index (χ1) is 9.72. The Morgan fingerprint density at radius 3 is 2.90 bits per heavy atom. The fraction of sp³-hybridized carbons (Fsp3) is 0.278. The zero-order chi connectivity index (χ0) is 13.9. The second-order valence-corrected chi connectivity index (χ2v) is 5.56. The first kappa shape index (κ1) is 12.9. The molecule has 0 aliphatic heterocycles. The zero-order valence-electron chi connectivity index (χ0n) is 11.7. The third kappa shape index (κ3) is 2.74. The lowest BCUT2D eigenvalue weighted by Crippen LogP contribution is -2.14. The molecule has 1 unspecified atom stereocenters. The fourth-order valence-corrected chi connectivity index (χ4v) is 3.02. The third-order valence-electron chi connectivity index (χ3n) is 3.99. The van der Waals surface area contributed by atoms with Gasteiger partial charge in [0.05, 0.1) is 0 Å². The molecule has 0 aromatic heterocycles. The Morgan fingerprint density at radius 1 is 1.20 bits per heavy atom. The number of aryl methyl sites for hydroxylation is 2. The Labute approximate surface area is 119 Å². The zero-order valence-corrected chi connectivity index (χ0v) is 11.7. The van der Waals surface area contributed by atoms with Crippen LogP contribution in [0.2, 0.25) is 0 Å². The maximum atomic E-state index is 12.2. The van der Waals surface area contributed by atoms with Crippen molar-refractivity contribution in [2.24, 2.45) is 0 Å². The Balaban J connectivity index is 1.66. The van der Waals surface area contributed by atoms with Crippen LogP contribution in [0.1, 0.15) is 35.4 Å². The molecule has 0 heterocycles. The van der Waals surface area contributed by atoms with E-state index in [9.17, 15) is 4.79 Å². The summed E-state index contributed by atoms with van der Waals surface area (Å²) >= 11 is 0. The van der Waals surface area contributed by atoms with Gasteiger partial charge in [-0.25, -0.2) is 0 Å². The van der Waals surface area contributed by atoms with Crippen LogP contribution in [0.3, 0.4) is 0 Å². The second-order valence-electron chi connectivity index (χ2n) is 5.56. The molecule has 1 amide bonds. The van der Waals surface area contributed by atoms with Gasteiger partial charge in [-0.15, -0.1) is 0 Å². The first-order valence-electron chi connectivity index (χ1n) is 7.17. The minimum Gasteiger partial charge on any atom is -0.326 e. The molecule has 2 aromatic carbocycles. The average Bonchev–Trinajstić information content (AvgIpc) is 2.82. The van der Waals surface area contributed by atoms with Crippen LogP contribution in [0.5, 0.6) is 0 Å². The van der Waals surface area contributed by atoms with Gasteiger partial charge in [-0.1, -0.05) is 36.4 Å². The number of anilines is 1. The molecule has 0 saturated heterocycles. The summed E-state index contributed by atoms with van der Waals surface area (Å²) in [5.41, 5.74) is 4.81. The summed E-state index contributed by atoms with van der Waals surface area (Å²) in [6.45, 7) is 2.03. The largest absolute Gasteiger partial charge is 0.326 e. The molecule has 0 spiro atoms. The first-order valence-corrected chi connectivity index (χ1v) is 7.17. The van der Waals surface area contributed by atoms with Gasteiger partial charge in [0.25, 0.3) is 0 Å². The number of benzene rings is 2. The van der Waals surface area contributed by atoms with E-state index < -0.39 is 0 Å². The van der Waals surface area contributed by atoms with Crippen LogP contribution in [-0.2, 0) is 11.2 Å². The minimum absolute atomic E-state index is 0.109. The molecule has 2 nitrogen and oxygen atoms in total. The van der Waals surface area contributed by atoms with Crippen LogP contribution in [0, 0.1) is 6.92 Å². The monoisotopic (exact) mass is 265 g/mol. The van der Waals surface area contributed by atoms with Crippen molar-refractivity contribution in [1.29, 1.82) is 0 Å². The quantitative estimate of drug-likeness (QED) is 0.891. The van der Waals surface area contributed by atoms with Crippen molar-refractivity contribution >= 4 is 11.6 Å². The van der Waals surface area contributed by atoms with Crippen molar-refractivity contribution in [2.75, 3.05) is 5.32 Å². The van der Waals surface area contributed by atoms with Gasteiger partial charge in [-0.3, -0.25) is 4.79 Å². The van der Waals surface area contributed by atoms with Gasteiger partial charge in [0.2, 0.25) is 5.91 Å². The topological polar surface area (TPSA) is 29.1 Å². The Kier molecular flexibility index (Phi) is 3.55. The Morgan fingerprint density at radius 2 is 2.05 bits per heavy atom. The molecule has 0 bridgehead atoms. The summed E-state index contributed by atoms with van der Waals surface area (Å²) in [6.07, 6.45) is 2.75. The van der Waals surface area contributed by atoms with E-state index in [1.807, 2.05) is 31.2 Å². The maximum Gasteiger partial charge on any atom is 0.224 e. The van der Waals surface area contributed by atoms with Gasteiger partial charge in [0.1, 0.15) is 0 Å². The number of hydrogen-bond acceptors (Lipinski definition) is 1. The van der Waals surface area contributed by atoms with Gasteiger partial charge < -0.3 is 5.32 Å². The molecule has 3 rings (SSSR count). The molecule has 2 aromatic rings. The summed E-state index contributed by atoms with van der Waals surface area (Å²) in [7, 11) is 0. The van der Waals surface area contributed by atoms with Crippen molar-refractivity contribution in [3.05, 3.63) is 65.2 Å². The fourth-order valence-electron chi connectivity index (χ4n) is 3.02. The van der Waals surface area contributed by atoms with Crippen LogP contribution in [0.4, 0.5) is 5.69 Å². The molecule has 1 atom stereocenters. The van der Waals surface area contributed by atoms with Crippen molar-refractivity contribution in [3.63, 3.8) is 0 Å². The van der Waals surface area contributed by atoms with E-state index in [1.165, 1.54) is 11.1 Å². The predicted molar refractivity (Wildman–Crippen MR) is 81.9 cm³/mol. The second kappa shape index (κ2) is 5.49. The molecule has 0 radical (unpaired) electrons. The molecule has 2 heteroatoms. The predicted octanol–water partition coefficient (Wildman–Crippen LogP) is 4.05. The summed E-state index contributed by atoms with van der Waals surface area (Å²) < 4.78 is 0. The molecule has 1 aliphatic carbocycles. The van der Waals surface area contributed by atoms with E-state index in [0.29, 0.717) is 12.3 Å².